The molecule has 1 aromatic heterocycles. The topological polar surface area (TPSA) is 42.4 Å². The summed E-state index contributed by atoms with van der Waals surface area (Å²) in [6, 6.07) is 0.456. The molecule has 0 unspecified atom stereocenters. The zero-order valence-electron chi connectivity index (χ0n) is 7.85. The van der Waals surface area contributed by atoms with Crippen molar-refractivity contribution in [2.24, 2.45) is 0 Å². The lowest BCUT2D eigenvalue weighted by Gasteiger charge is -2.12. The predicted octanol–water partition coefficient (Wildman–Crippen LogP) is 2.75. The second-order valence-corrected chi connectivity index (χ2v) is 2.74. The number of nitrogens with zero attached hydrogens (tertiary/aromatic N) is 1. The molecule has 0 bridgehead atoms. The third-order valence-corrected chi connectivity index (χ3v) is 1.69. The first kappa shape index (κ1) is 12.5. The largest absolute Gasteiger partial charge is 0.506 e. The summed E-state index contributed by atoms with van der Waals surface area (Å²) in [7, 11) is 0.982. The first-order valence-electron chi connectivity index (χ1n) is 3.90. The molecule has 0 radical (unpaired) electrons. The Balaban J connectivity index is 3.39. The van der Waals surface area contributed by atoms with Gasteiger partial charge in [0.25, 0.3) is 6.43 Å². The molecule has 16 heavy (non-hydrogen) atoms. The van der Waals surface area contributed by atoms with Crippen molar-refractivity contribution in [3.8, 4) is 11.5 Å². The molecule has 3 nitrogen and oxygen atoms in total. The van der Waals surface area contributed by atoms with Crippen molar-refractivity contribution in [2.75, 3.05) is 7.11 Å². The van der Waals surface area contributed by atoms with Gasteiger partial charge in [-0.1, -0.05) is 0 Å². The molecule has 1 N–H and O–H groups in total. The molecule has 90 valence electrons. The van der Waals surface area contributed by atoms with Crippen LogP contribution < -0.4 is 4.74 Å². The van der Waals surface area contributed by atoms with E-state index in [9.17, 15) is 22.0 Å². The van der Waals surface area contributed by atoms with Crippen molar-refractivity contribution in [1.82, 2.24) is 4.98 Å². The van der Waals surface area contributed by atoms with E-state index in [1.54, 1.807) is 0 Å². The molecule has 1 aromatic rings. The standard InChI is InChI=1S/C8H6F5NO2/c1-16-4-2-3(15)6(8(11,12)13)14-5(4)7(9)10/h2,7,15H,1H3. The molecule has 0 amide bonds. The van der Waals surface area contributed by atoms with Crippen LogP contribution in [0.1, 0.15) is 17.8 Å². The third-order valence-electron chi connectivity index (χ3n) is 1.69. The summed E-state index contributed by atoms with van der Waals surface area (Å²) in [5.74, 6) is -1.85. The Hall–Kier alpha value is -1.60. The number of ether oxygens (including phenoxy) is 1. The van der Waals surface area contributed by atoms with Gasteiger partial charge in [-0.05, 0) is 0 Å². The molecular formula is C8H6F5NO2. The summed E-state index contributed by atoms with van der Waals surface area (Å²) in [4.78, 5) is 2.66. The zero-order valence-corrected chi connectivity index (χ0v) is 7.85. The van der Waals surface area contributed by atoms with E-state index < -0.39 is 35.5 Å². The lowest BCUT2D eigenvalue weighted by Crippen LogP contribution is -2.11. The molecule has 0 aliphatic rings. The van der Waals surface area contributed by atoms with Crippen LogP contribution in [0.2, 0.25) is 0 Å². The van der Waals surface area contributed by atoms with Gasteiger partial charge < -0.3 is 9.84 Å². The molecule has 0 fully saturated rings. The van der Waals surface area contributed by atoms with Gasteiger partial charge in [0.2, 0.25) is 0 Å². The minimum absolute atomic E-state index is 0.456. The Morgan fingerprint density at radius 1 is 1.38 bits per heavy atom. The number of alkyl halides is 5. The Labute approximate surface area is 86.5 Å². The average molecular weight is 243 g/mol. The highest BCUT2D eigenvalue weighted by atomic mass is 19.4. The van der Waals surface area contributed by atoms with E-state index >= 15 is 0 Å². The second-order valence-electron chi connectivity index (χ2n) is 2.74. The van der Waals surface area contributed by atoms with Crippen LogP contribution in [0.15, 0.2) is 6.07 Å². The van der Waals surface area contributed by atoms with Gasteiger partial charge in [-0.3, -0.25) is 0 Å². The van der Waals surface area contributed by atoms with Crippen LogP contribution in [-0.4, -0.2) is 17.2 Å². The number of aromatic hydroxyl groups is 1. The van der Waals surface area contributed by atoms with Gasteiger partial charge in [-0.25, -0.2) is 13.8 Å². The molecule has 0 atom stereocenters. The molecule has 0 aromatic carbocycles. The van der Waals surface area contributed by atoms with Crippen molar-refractivity contribution in [3.63, 3.8) is 0 Å². The molecule has 1 rings (SSSR count). The quantitative estimate of drug-likeness (QED) is 0.812. The first-order valence-corrected chi connectivity index (χ1v) is 3.90. The summed E-state index contributed by atoms with van der Waals surface area (Å²) >= 11 is 0. The van der Waals surface area contributed by atoms with E-state index in [1.807, 2.05) is 0 Å². The number of methoxy groups -OCH3 is 1. The highest BCUT2D eigenvalue weighted by Crippen LogP contribution is 2.39. The van der Waals surface area contributed by atoms with E-state index in [0.29, 0.717) is 6.07 Å². The lowest BCUT2D eigenvalue weighted by molar-refractivity contribution is -0.142. The van der Waals surface area contributed by atoms with E-state index in [0.717, 1.165) is 7.11 Å². The maximum absolute atomic E-state index is 12.3. The Morgan fingerprint density at radius 2 is 1.94 bits per heavy atom. The maximum atomic E-state index is 12.3. The molecule has 0 spiro atoms. The van der Waals surface area contributed by atoms with Crippen LogP contribution in [0, 0.1) is 0 Å². The predicted molar refractivity (Wildman–Crippen MR) is 42.4 cm³/mol. The van der Waals surface area contributed by atoms with E-state index in [4.69, 9.17) is 5.11 Å². The Morgan fingerprint density at radius 3 is 2.31 bits per heavy atom. The highest BCUT2D eigenvalue weighted by molar-refractivity contribution is 5.40. The maximum Gasteiger partial charge on any atom is 0.437 e. The van der Waals surface area contributed by atoms with Crippen molar-refractivity contribution < 1.29 is 31.8 Å². The minimum atomic E-state index is -5.00. The van der Waals surface area contributed by atoms with E-state index in [1.165, 1.54) is 0 Å². The Bertz CT molecular complexity index is 391. The molecule has 0 saturated carbocycles. The molecule has 0 aliphatic carbocycles. The Kier molecular flexibility index (Phi) is 3.20. The van der Waals surface area contributed by atoms with Crippen molar-refractivity contribution in [1.29, 1.82) is 0 Å². The van der Waals surface area contributed by atoms with Crippen molar-refractivity contribution in [3.05, 3.63) is 17.5 Å². The summed E-state index contributed by atoms with van der Waals surface area (Å²) in [6.45, 7) is 0. The molecular weight excluding hydrogens is 237 g/mol. The van der Waals surface area contributed by atoms with Gasteiger partial charge in [-0.15, -0.1) is 0 Å². The summed E-state index contributed by atoms with van der Waals surface area (Å²) in [5, 5.41) is 8.96. The van der Waals surface area contributed by atoms with Gasteiger partial charge >= 0.3 is 6.18 Å². The van der Waals surface area contributed by atoms with Gasteiger partial charge in [-0.2, -0.15) is 13.2 Å². The zero-order chi connectivity index (χ0) is 12.5. The fourth-order valence-electron chi connectivity index (χ4n) is 1.03. The number of rotatable bonds is 2. The van der Waals surface area contributed by atoms with Gasteiger partial charge in [0.05, 0.1) is 7.11 Å². The van der Waals surface area contributed by atoms with Crippen molar-refractivity contribution >= 4 is 0 Å². The van der Waals surface area contributed by atoms with Gasteiger partial charge in [0, 0.05) is 6.07 Å². The van der Waals surface area contributed by atoms with Gasteiger partial charge in [0.15, 0.2) is 5.69 Å². The monoisotopic (exact) mass is 243 g/mol. The normalized spacial score (nSPS) is 11.9. The average Bonchev–Trinajstić information content (AvgIpc) is 2.14. The van der Waals surface area contributed by atoms with Crippen molar-refractivity contribution in [2.45, 2.75) is 12.6 Å². The summed E-state index contributed by atoms with van der Waals surface area (Å²) in [5.41, 5.74) is -2.92. The lowest BCUT2D eigenvalue weighted by atomic mass is 10.2. The van der Waals surface area contributed by atoms with Crippen LogP contribution in [0.3, 0.4) is 0 Å². The molecule has 0 aliphatic heterocycles. The number of pyridine rings is 1. The molecule has 8 heteroatoms. The molecule has 0 saturated heterocycles. The number of hydrogen-bond donors (Lipinski definition) is 1. The van der Waals surface area contributed by atoms with E-state index in [-0.39, 0.29) is 0 Å². The van der Waals surface area contributed by atoms with Crippen LogP contribution in [0.25, 0.3) is 0 Å². The van der Waals surface area contributed by atoms with Gasteiger partial charge in [0.1, 0.15) is 17.2 Å². The molecule has 1 heterocycles. The minimum Gasteiger partial charge on any atom is -0.506 e. The van der Waals surface area contributed by atoms with Crippen LogP contribution in [0.5, 0.6) is 11.5 Å². The van der Waals surface area contributed by atoms with Crippen LogP contribution in [0.4, 0.5) is 22.0 Å². The SMILES string of the molecule is COc1cc(O)c(C(F)(F)F)nc1C(F)F. The van der Waals surface area contributed by atoms with E-state index in [2.05, 4.69) is 9.72 Å². The number of halogens is 5. The number of hydrogen-bond acceptors (Lipinski definition) is 3. The smallest absolute Gasteiger partial charge is 0.437 e. The third kappa shape index (κ3) is 2.31. The highest BCUT2D eigenvalue weighted by Gasteiger charge is 2.38. The fraction of sp³-hybridized carbons (Fsp3) is 0.375. The van der Waals surface area contributed by atoms with Crippen LogP contribution >= 0.6 is 0 Å². The fourth-order valence-corrected chi connectivity index (χ4v) is 1.03. The summed E-state index contributed by atoms with van der Waals surface area (Å²) in [6.07, 6.45) is -8.23. The first-order chi connectivity index (χ1) is 7.27. The number of aromatic nitrogens is 1. The summed E-state index contributed by atoms with van der Waals surface area (Å²) < 4.78 is 65.7. The van der Waals surface area contributed by atoms with Crippen LogP contribution in [-0.2, 0) is 6.18 Å². The second kappa shape index (κ2) is 4.11.